The molecule has 1 amide bonds. The van der Waals surface area contributed by atoms with Crippen LogP contribution in [0.1, 0.15) is 33.9 Å². The van der Waals surface area contributed by atoms with Crippen LogP contribution in [0.15, 0.2) is 54.6 Å². The molecule has 5 nitrogen and oxygen atoms in total. The zero-order valence-corrected chi connectivity index (χ0v) is 17.0. The number of likely N-dealkylation sites (N-methyl/N-ethyl adjacent to an activating group) is 2. The van der Waals surface area contributed by atoms with Gasteiger partial charge >= 0.3 is 0 Å². The van der Waals surface area contributed by atoms with Crippen LogP contribution in [-0.2, 0) is 6.42 Å². The number of fused-ring (bicyclic) bond motifs is 2. The van der Waals surface area contributed by atoms with Crippen molar-refractivity contribution in [3.63, 3.8) is 0 Å². The Bertz CT molecular complexity index is 1080. The van der Waals surface area contributed by atoms with Gasteiger partial charge < -0.3 is 20.0 Å². The maximum atomic E-state index is 13.5. The average Bonchev–Trinajstić information content (AvgIpc) is 2.72. The van der Waals surface area contributed by atoms with Crippen LogP contribution in [0.3, 0.4) is 0 Å². The van der Waals surface area contributed by atoms with Crippen LogP contribution in [0.5, 0.6) is 11.5 Å². The Balaban J connectivity index is 1.77. The molecule has 3 aromatic rings. The lowest BCUT2D eigenvalue weighted by Gasteiger charge is -2.42. The molecule has 0 spiro atoms. The molecule has 29 heavy (non-hydrogen) atoms. The van der Waals surface area contributed by atoms with E-state index in [9.17, 15) is 15.0 Å². The Morgan fingerprint density at radius 2 is 1.72 bits per heavy atom. The minimum absolute atomic E-state index is 0.0552. The van der Waals surface area contributed by atoms with Crippen LogP contribution in [0.25, 0.3) is 10.8 Å². The number of carbonyl (C=O) groups is 1. The molecular weight excluding hydrogens is 364 g/mol. The fourth-order valence-electron chi connectivity index (χ4n) is 4.51. The SMILES string of the molecule is CN(C)[C@@H]1CCc2ccccc2[C@H]1N(C)C(=O)c1ccc2ccc(O)cc2c1O. The summed E-state index contributed by atoms with van der Waals surface area (Å²) >= 11 is 0. The summed E-state index contributed by atoms with van der Waals surface area (Å²) in [6, 6.07) is 16.6. The number of rotatable bonds is 3. The van der Waals surface area contributed by atoms with Crippen molar-refractivity contribution in [2.45, 2.75) is 24.9 Å². The van der Waals surface area contributed by atoms with Crippen LogP contribution in [-0.4, -0.2) is 53.1 Å². The van der Waals surface area contributed by atoms with E-state index in [0.717, 1.165) is 23.8 Å². The second kappa shape index (κ2) is 7.41. The Hall–Kier alpha value is -3.05. The van der Waals surface area contributed by atoms with E-state index in [-0.39, 0.29) is 35.1 Å². The minimum atomic E-state index is -0.235. The topological polar surface area (TPSA) is 64.0 Å². The largest absolute Gasteiger partial charge is 0.508 e. The number of hydrogen-bond donors (Lipinski definition) is 2. The first-order chi connectivity index (χ1) is 13.9. The van der Waals surface area contributed by atoms with Gasteiger partial charge in [-0.25, -0.2) is 0 Å². The first-order valence-corrected chi connectivity index (χ1v) is 9.84. The molecule has 1 aliphatic rings. The van der Waals surface area contributed by atoms with Crippen molar-refractivity contribution in [1.82, 2.24) is 9.80 Å². The van der Waals surface area contributed by atoms with Crippen molar-refractivity contribution >= 4 is 16.7 Å². The Kier molecular flexibility index (Phi) is 4.92. The zero-order valence-electron chi connectivity index (χ0n) is 17.0. The fraction of sp³-hybridized carbons (Fsp3) is 0.292. The third kappa shape index (κ3) is 3.32. The molecule has 0 saturated heterocycles. The van der Waals surface area contributed by atoms with E-state index in [1.165, 1.54) is 11.6 Å². The van der Waals surface area contributed by atoms with Gasteiger partial charge in [0.25, 0.3) is 5.91 Å². The molecule has 3 aromatic carbocycles. The number of phenolic OH excluding ortho intramolecular Hbond substituents is 2. The van der Waals surface area contributed by atoms with Gasteiger partial charge in [-0.2, -0.15) is 0 Å². The summed E-state index contributed by atoms with van der Waals surface area (Å²) in [7, 11) is 5.89. The van der Waals surface area contributed by atoms with Gasteiger partial charge in [0.15, 0.2) is 0 Å². The third-order valence-corrected chi connectivity index (χ3v) is 6.06. The summed E-state index contributed by atoms with van der Waals surface area (Å²) in [5, 5.41) is 21.8. The smallest absolute Gasteiger partial charge is 0.257 e. The summed E-state index contributed by atoms with van der Waals surface area (Å²) in [5.41, 5.74) is 2.67. The highest BCUT2D eigenvalue weighted by Crippen LogP contribution is 2.38. The van der Waals surface area contributed by atoms with Crippen molar-refractivity contribution in [3.8, 4) is 11.5 Å². The number of nitrogens with zero attached hydrogens (tertiary/aromatic N) is 2. The Labute approximate surface area is 170 Å². The summed E-state index contributed by atoms with van der Waals surface area (Å²) in [5.74, 6) is -0.276. The molecule has 0 fully saturated rings. The fourth-order valence-corrected chi connectivity index (χ4v) is 4.51. The number of amides is 1. The van der Waals surface area contributed by atoms with Gasteiger partial charge in [-0.3, -0.25) is 4.79 Å². The molecule has 4 rings (SSSR count). The normalized spacial score (nSPS) is 18.6. The van der Waals surface area contributed by atoms with Gasteiger partial charge in [-0.1, -0.05) is 36.4 Å². The van der Waals surface area contributed by atoms with E-state index in [1.807, 2.05) is 26.2 Å². The van der Waals surface area contributed by atoms with E-state index in [0.29, 0.717) is 5.39 Å². The molecule has 2 N–H and O–H groups in total. The van der Waals surface area contributed by atoms with Crippen LogP contribution < -0.4 is 0 Å². The second-order valence-electron chi connectivity index (χ2n) is 8.00. The highest BCUT2D eigenvalue weighted by Gasteiger charge is 2.36. The van der Waals surface area contributed by atoms with Gasteiger partial charge in [0.05, 0.1) is 11.6 Å². The van der Waals surface area contributed by atoms with E-state index in [1.54, 1.807) is 36.2 Å². The standard InChI is InChI=1S/C24H26N2O3/c1-25(2)21-13-10-15-6-4-5-7-18(15)22(21)26(3)24(29)19-12-9-16-8-11-17(27)14-20(16)23(19)28/h4-9,11-12,14,21-22,27-28H,10,13H2,1-3H3/t21-,22-/m1/s1. The van der Waals surface area contributed by atoms with Crippen molar-refractivity contribution < 1.29 is 15.0 Å². The first-order valence-electron chi connectivity index (χ1n) is 9.84. The molecular formula is C24H26N2O3. The van der Waals surface area contributed by atoms with Crippen molar-refractivity contribution in [1.29, 1.82) is 0 Å². The lowest BCUT2D eigenvalue weighted by atomic mass is 9.82. The number of carbonyl (C=O) groups excluding carboxylic acids is 1. The molecule has 0 bridgehead atoms. The number of aryl methyl sites for hydroxylation is 1. The van der Waals surface area contributed by atoms with Crippen LogP contribution in [0.2, 0.25) is 0 Å². The van der Waals surface area contributed by atoms with Crippen molar-refractivity contribution in [2.24, 2.45) is 0 Å². The molecule has 0 heterocycles. The molecule has 0 aliphatic heterocycles. The quantitative estimate of drug-likeness (QED) is 0.711. The second-order valence-corrected chi connectivity index (χ2v) is 8.00. The highest BCUT2D eigenvalue weighted by molar-refractivity contribution is 6.04. The summed E-state index contributed by atoms with van der Waals surface area (Å²) in [6.45, 7) is 0. The van der Waals surface area contributed by atoms with Gasteiger partial charge in [-0.05, 0) is 61.6 Å². The summed E-state index contributed by atoms with van der Waals surface area (Å²) < 4.78 is 0. The lowest BCUT2D eigenvalue weighted by molar-refractivity contribution is 0.0595. The molecule has 0 aromatic heterocycles. The van der Waals surface area contributed by atoms with Crippen molar-refractivity contribution in [3.05, 3.63) is 71.3 Å². The maximum Gasteiger partial charge on any atom is 0.257 e. The Morgan fingerprint density at radius 3 is 2.48 bits per heavy atom. The predicted octanol–water partition coefficient (Wildman–Crippen LogP) is 3.94. The zero-order chi connectivity index (χ0) is 20.7. The van der Waals surface area contributed by atoms with E-state index in [2.05, 4.69) is 17.0 Å². The van der Waals surface area contributed by atoms with Crippen molar-refractivity contribution in [2.75, 3.05) is 21.1 Å². The van der Waals surface area contributed by atoms with Gasteiger partial charge in [-0.15, -0.1) is 0 Å². The molecule has 1 aliphatic carbocycles. The number of phenols is 2. The maximum absolute atomic E-state index is 13.5. The van der Waals surface area contributed by atoms with Crippen LogP contribution in [0.4, 0.5) is 0 Å². The third-order valence-electron chi connectivity index (χ3n) is 6.06. The molecule has 0 saturated carbocycles. The highest BCUT2D eigenvalue weighted by atomic mass is 16.3. The summed E-state index contributed by atoms with van der Waals surface area (Å²) in [4.78, 5) is 17.4. The van der Waals surface area contributed by atoms with E-state index >= 15 is 0 Å². The van der Waals surface area contributed by atoms with Gasteiger partial charge in [0, 0.05) is 18.5 Å². The monoisotopic (exact) mass is 390 g/mol. The minimum Gasteiger partial charge on any atom is -0.508 e. The molecule has 150 valence electrons. The molecule has 0 unspecified atom stereocenters. The average molecular weight is 390 g/mol. The summed E-state index contributed by atoms with van der Waals surface area (Å²) in [6.07, 6.45) is 1.95. The lowest BCUT2D eigenvalue weighted by Crippen LogP contribution is -2.46. The number of aromatic hydroxyl groups is 2. The first kappa shape index (κ1) is 19.3. The van der Waals surface area contributed by atoms with E-state index in [4.69, 9.17) is 0 Å². The molecule has 0 radical (unpaired) electrons. The number of hydrogen-bond acceptors (Lipinski definition) is 4. The molecule has 2 atom stereocenters. The van der Waals surface area contributed by atoms with Gasteiger partial charge in [0.1, 0.15) is 11.5 Å². The molecule has 5 heteroatoms. The van der Waals surface area contributed by atoms with Crippen LogP contribution >= 0.6 is 0 Å². The van der Waals surface area contributed by atoms with Gasteiger partial charge in [0.2, 0.25) is 0 Å². The Morgan fingerprint density at radius 1 is 1.00 bits per heavy atom. The number of benzene rings is 3. The van der Waals surface area contributed by atoms with Crippen LogP contribution in [0, 0.1) is 0 Å². The van der Waals surface area contributed by atoms with E-state index < -0.39 is 0 Å². The predicted molar refractivity (Wildman–Crippen MR) is 114 cm³/mol.